The number of nitrogens with one attached hydrogen (secondary N) is 4. The minimum Gasteiger partial charge on any atom is -0.361 e. The van der Waals surface area contributed by atoms with E-state index in [9.17, 15) is 19.2 Å². The summed E-state index contributed by atoms with van der Waals surface area (Å²) in [5, 5.41) is 3.73. The maximum absolute atomic E-state index is 12.5. The van der Waals surface area contributed by atoms with Gasteiger partial charge in [0.1, 0.15) is 5.54 Å². The number of nitrogens with zero attached hydrogens (tertiary/aromatic N) is 1. The molecular weight excluding hydrogens is 374 g/mol. The molecule has 1 saturated carbocycles. The second-order valence-corrected chi connectivity index (χ2v) is 7.56. The molecule has 152 valence electrons. The standard InChI is InChI=1S/C20H23N5O4/c26-16(7-10-25-18(28)20(22-19(25)29)8-3-4-9-20)23-24-17(27)11-13-12-21-15-6-2-1-5-14(13)15/h1-2,5-6,12,21H,3-4,7-11H2,(H,22,29)(H,23,26)(H,24,27). The lowest BCUT2D eigenvalue weighted by atomic mass is 9.98. The van der Waals surface area contributed by atoms with Gasteiger partial charge in [-0.15, -0.1) is 0 Å². The first kappa shape index (κ1) is 19.0. The van der Waals surface area contributed by atoms with E-state index in [0.29, 0.717) is 12.8 Å². The van der Waals surface area contributed by atoms with E-state index in [0.717, 1.165) is 34.2 Å². The molecule has 0 atom stereocenters. The van der Waals surface area contributed by atoms with Gasteiger partial charge in [0, 0.05) is 30.1 Å². The molecule has 1 aromatic carbocycles. The van der Waals surface area contributed by atoms with Gasteiger partial charge in [-0.25, -0.2) is 4.79 Å². The molecule has 4 rings (SSSR count). The zero-order chi connectivity index (χ0) is 20.4. The Morgan fingerprint density at radius 2 is 1.79 bits per heavy atom. The first-order valence-electron chi connectivity index (χ1n) is 9.75. The maximum Gasteiger partial charge on any atom is 0.325 e. The van der Waals surface area contributed by atoms with Gasteiger partial charge in [0.15, 0.2) is 0 Å². The summed E-state index contributed by atoms with van der Waals surface area (Å²) in [5.74, 6) is -1.08. The SMILES string of the molecule is O=C(CCN1C(=O)NC2(CCCC2)C1=O)NNC(=O)Cc1c[nH]c2ccccc12. The van der Waals surface area contributed by atoms with Crippen LogP contribution >= 0.6 is 0 Å². The molecule has 0 unspecified atom stereocenters. The van der Waals surface area contributed by atoms with Crippen molar-refractivity contribution in [3.8, 4) is 0 Å². The lowest BCUT2D eigenvalue weighted by Gasteiger charge is -2.19. The number of benzene rings is 1. The highest BCUT2D eigenvalue weighted by atomic mass is 16.2. The molecule has 2 aromatic rings. The normalized spacial score (nSPS) is 17.7. The summed E-state index contributed by atoms with van der Waals surface area (Å²) < 4.78 is 0. The minimum absolute atomic E-state index is 0.0173. The number of hydrazine groups is 1. The van der Waals surface area contributed by atoms with Gasteiger partial charge in [-0.2, -0.15) is 0 Å². The number of H-pyrrole nitrogens is 1. The molecule has 4 N–H and O–H groups in total. The van der Waals surface area contributed by atoms with Crippen molar-refractivity contribution in [2.45, 2.75) is 44.1 Å². The highest BCUT2D eigenvalue weighted by Gasteiger charge is 2.52. The molecule has 2 heterocycles. The highest BCUT2D eigenvalue weighted by molar-refractivity contribution is 6.07. The van der Waals surface area contributed by atoms with Crippen LogP contribution in [-0.4, -0.2) is 45.7 Å². The summed E-state index contributed by atoms with van der Waals surface area (Å²) in [7, 11) is 0. The average molecular weight is 397 g/mol. The van der Waals surface area contributed by atoms with Crippen molar-refractivity contribution < 1.29 is 19.2 Å². The average Bonchev–Trinajstić information content (AvgIpc) is 3.40. The second kappa shape index (κ2) is 7.57. The number of fused-ring (bicyclic) bond motifs is 1. The molecule has 2 aliphatic rings. The van der Waals surface area contributed by atoms with Crippen LogP contribution in [0.15, 0.2) is 30.5 Å². The summed E-state index contributed by atoms with van der Waals surface area (Å²) in [6.07, 6.45) is 4.89. The number of urea groups is 1. The van der Waals surface area contributed by atoms with Crippen LogP contribution in [-0.2, 0) is 20.8 Å². The molecule has 0 bridgehead atoms. The molecule has 0 radical (unpaired) electrons. The van der Waals surface area contributed by atoms with Crippen LogP contribution in [0.4, 0.5) is 4.79 Å². The zero-order valence-electron chi connectivity index (χ0n) is 15.9. The second-order valence-electron chi connectivity index (χ2n) is 7.56. The number of para-hydroxylation sites is 1. The fourth-order valence-electron chi connectivity index (χ4n) is 4.11. The zero-order valence-corrected chi connectivity index (χ0v) is 15.9. The lowest BCUT2D eigenvalue weighted by molar-refractivity contribution is -0.132. The quantitative estimate of drug-likeness (QED) is 0.446. The smallest absolute Gasteiger partial charge is 0.325 e. The third kappa shape index (κ3) is 3.67. The molecule has 9 heteroatoms. The van der Waals surface area contributed by atoms with Crippen molar-refractivity contribution in [3.05, 3.63) is 36.0 Å². The van der Waals surface area contributed by atoms with E-state index in [1.807, 2.05) is 24.3 Å². The first-order valence-corrected chi connectivity index (χ1v) is 9.75. The van der Waals surface area contributed by atoms with Crippen LogP contribution in [0.3, 0.4) is 0 Å². The van der Waals surface area contributed by atoms with Crippen molar-refractivity contribution in [1.29, 1.82) is 0 Å². The van der Waals surface area contributed by atoms with Crippen LogP contribution in [0.5, 0.6) is 0 Å². The summed E-state index contributed by atoms with van der Waals surface area (Å²) in [5.41, 5.74) is 5.70. The molecule has 1 aliphatic carbocycles. The Kier molecular flexibility index (Phi) is 4.96. The lowest BCUT2D eigenvalue weighted by Crippen LogP contribution is -2.45. The summed E-state index contributed by atoms with van der Waals surface area (Å²) in [6, 6.07) is 7.19. The third-order valence-corrected chi connectivity index (χ3v) is 5.63. The van der Waals surface area contributed by atoms with Gasteiger partial charge in [0.25, 0.3) is 5.91 Å². The first-order chi connectivity index (χ1) is 14.0. The van der Waals surface area contributed by atoms with Gasteiger partial charge in [0.2, 0.25) is 11.8 Å². The molecule has 5 amide bonds. The Balaban J connectivity index is 1.24. The van der Waals surface area contributed by atoms with Crippen LogP contribution in [0.25, 0.3) is 10.9 Å². The van der Waals surface area contributed by atoms with E-state index in [4.69, 9.17) is 0 Å². The number of hydrogen-bond acceptors (Lipinski definition) is 4. The third-order valence-electron chi connectivity index (χ3n) is 5.63. The number of carbonyl (C=O) groups is 4. The van der Waals surface area contributed by atoms with Crippen LogP contribution in [0.2, 0.25) is 0 Å². The molecule has 1 saturated heterocycles. The molecule has 29 heavy (non-hydrogen) atoms. The molecule has 1 spiro atoms. The highest BCUT2D eigenvalue weighted by Crippen LogP contribution is 2.34. The van der Waals surface area contributed by atoms with Crippen molar-refractivity contribution in [2.24, 2.45) is 0 Å². The molecule has 1 aromatic heterocycles. The summed E-state index contributed by atoms with van der Waals surface area (Å²) in [6.45, 7) is -0.0173. The van der Waals surface area contributed by atoms with Gasteiger partial charge in [0.05, 0.1) is 6.42 Å². The minimum atomic E-state index is -0.777. The van der Waals surface area contributed by atoms with Crippen LogP contribution < -0.4 is 16.2 Å². The molecule has 9 nitrogen and oxygen atoms in total. The maximum atomic E-state index is 12.5. The van der Waals surface area contributed by atoms with Gasteiger partial charge in [-0.1, -0.05) is 31.0 Å². The van der Waals surface area contributed by atoms with Crippen molar-refractivity contribution >= 4 is 34.7 Å². The van der Waals surface area contributed by atoms with E-state index in [1.54, 1.807) is 6.20 Å². The Bertz CT molecular complexity index is 976. The number of hydrogen-bond donors (Lipinski definition) is 4. The summed E-state index contributed by atoms with van der Waals surface area (Å²) in [4.78, 5) is 53.0. The van der Waals surface area contributed by atoms with Gasteiger partial charge in [-0.3, -0.25) is 30.1 Å². The number of amides is 5. The predicted molar refractivity (Wildman–Crippen MR) is 104 cm³/mol. The van der Waals surface area contributed by atoms with E-state index >= 15 is 0 Å². The van der Waals surface area contributed by atoms with Crippen LogP contribution in [0.1, 0.15) is 37.7 Å². The number of aromatic nitrogens is 1. The molecule has 2 fully saturated rings. The summed E-state index contributed by atoms with van der Waals surface area (Å²) >= 11 is 0. The van der Waals surface area contributed by atoms with Gasteiger partial charge in [-0.05, 0) is 24.5 Å². The Morgan fingerprint density at radius 3 is 2.59 bits per heavy atom. The fraction of sp³-hybridized carbons (Fsp3) is 0.400. The van der Waals surface area contributed by atoms with E-state index < -0.39 is 17.5 Å². The number of aromatic amines is 1. The Labute approximate surface area is 167 Å². The Morgan fingerprint density at radius 1 is 1.07 bits per heavy atom. The van der Waals surface area contributed by atoms with E-state index in [-0.39, 0.29) is 31.2 Å². The fourth-order valence-corrected chi connectivity index (χ4v) is 4.11. The monoisotopic (exact) mass is 397 g/mol. The number of imide groups is 1. The van der Waals surface area contributed by atoms with Crippen molar-refractivity contribution in [2.75, 3.05) is 6.54 Å². The topological polar surface area (TPSA) is 123 Å². The van der Waals surface area contributed by atoms with Crippen molar-refractivity contribution in [1.82, 2.24) is 26.1 Å². The van der Waals surface area contributed by atoms with E-state index in [2.05, 4.69) is 21.2 Å². The largest absolute Gasteiger partial charge is 0.361 e. The van der Waals surface area contributed by atoms with Gasteiger partial charge >= 0.3 is 6.03 Å². The number of rotatable bonds is 5. The molecular formula is C20H23N5O4. The van der Waals surface area contributed by atoms with Gasteiger partial charge < -0.3 is 10.3 Å². The Hall–Kier alpha value is -3.36. The predicted octanol–water partition coefficient (Wildman–Crippen LogP) is 1.11. The van der Waals surface area contributed by atoms with Crippen LogP contribution in [0, 0.1) is 0 Å². The molecule has 1 aliphatic heterocycles. The van der Waals surface area contributed by atoms with E-state index in [1.165, 1.54) is 0 Å². The van der Waals surface area contributed by atoms with Crippen molar-refractivity contribution in [3.63, 3.8) is 0 Å². The number of carbonyl (C=O) groups excluding carboxylic acids is 4.